The summed E-state index contributed by atoms with van der Waals surface area (Å²) in [6.07, 6.45) is 2.05. The topological polar surface area (TPSA) is 75.3 Å². The second-order valence-corrected chi connectivity index (χ2v) is 5.36. The fourth-order valence-electron chi connectivity index (χ4n) is 2.49. The Morgan fingerprint density at radius 3 is 2.45 bits per heavy atom. The summed E-state index contributed by atoms with van der Waals surface area (Å²) in [5.41, 5.74) is 2.78. The minimum absolute atomic E-state index is 0.0468. The van der Waals surface area contributed by atoms with Crippen molar-refractivity contribution in [2.75, 3.05) is 6.61 Å². The number of aliphatic hydroxyl groups excluding tert-OH is 1. The van der Waals surface area contributed by atoms with Crippen LogP contribution in [0.1, 0.15) is 28.9 Å². The molecule has 0 bridgehead atoms. The highest BCUT2D eigenvalue weighted by Gasteiger charge is 2.43. The largest absolute Gasteiger partial charge is 0.477 e. The van der Waals surface area contributed by atoms with Crippen molar-refractivity contribution in [3.63, 3.8) is 0 Å². The van der Waals surface area contributed by atoms with E-state index in [1.54, 1.807) is 13.1 Å². The third-order valence-electron chi connectivity index (χ3n) is 4.05. The summed E-state index contributed by atoms with van der Waals surface area (Å²) in [4.78, 5) is 11.0. The molecule has 0 aliphatic heterocycles. The van der Waals surface area contributed by atoms with Crippen molar-refractivity contribution in [2.45, 2.75) is 18.3 Å². The summed E-state index contributed by atoms with van der Waals surface area (Å²) in [6.45, 7) is 0.180. The number of aromatic nitrogens is 2. The van der Waals surface area contributed by atoms with Gasteiger partial charge in [-0.1, -0.05) is 24.3 Å². The van der Waals surface area contributed by atoms with E-state index in [1.165, 1.54) is 4.68 Å². The lowest BCUT2D eigenvalue weighted by Gasteiger charge is -2.12. The number of carbonyl (C=O) groups is 1. The lowest BCUT2D eigenvalue weighted by atomic mass is 9.95. The van der Waals surface area contributed by atoms with Crippen LogP contribution in [0.3, 0.4) is 0 Å². The molecule has 0 spiro atoms. The Hall–Kier alpha value is -2.14. The molecule has 1 heterocycles. The van der Waals surface area contributed by atoms with E-state index in [1.807, 2.05) is 24.3 Å². The second kappa shape index (κ2) is 4.45. The van der Waals surface area contributed by atoms with Gasteiger partial charge in [0.15, 0.2) is 0 Å². The number of aliphatic hydroxyl groups is 1. The van der Waals surface area contributed by atoms with Crippen molar-refractivity contribution in [1.82, 2.24) is 9.78 Å². The van der Waals surface area contributed by atoms with Gasteiger partial charge in [0, 0.05) is 18.0 Å². The van der Waals surface area contributed by atoms with Gasteiger partial charge in [0.05, 0.1) is 12.3 Å². The number of nitrogens with zero attached hydrogens (tertiary/aromatic N) is 2. The third-order valence-corrected chi connectivity index (χ3v) is 4.05. The average molecular weight is 272 g/mol. The minimum atomic E-state index is -0.986. The zero-order chi connectivity index (χ0) is 14.3. The third kappa shape index (κ3) is 2.00. The van der Waals surface area contributed by atoms with Crippen LogP contribution < -0.4 is 0 Å². The molecule has 5 nitrogen and oxygen atoms in total. The smallest absolute Gasteiger partial charge is 0.354 e. The normalized spacial score (nSPS) is 16.1. The van der Waals surface area contributed by atoms with Crippen LogP contribution in [0.4, 0.5) is 0 Å². The lowest BCUT2D eigenvalue weighted by molar-refractivity contribution is 0.0685. The second-order valence-electron chi connectivity index (χ2n) is 5.36. The Labute approximate surface area is 116 Å². The predicted octanol–water partition coefficient (Wildman–Crippen LogP) is 1.81. The van der Waals surface area contributed by atoms with E-state index in [0.717, 1.165) is 24.0 Å². The monoisotopic (exact) mass is 272 g/mol. The van der Waals surface area contributed by atoms with Gasteiger partial charge in [-0.25, -0.2) is 4.79 Å². The molecule has 0 radical (unpaired) electrons. The number of rotatable bonds is 4. The Morgan fingerprint density at radius 2 is 2.00 bits per heavy atom. The number of aromatic carboxylic acids is 1. The van der Waals surface area contributed by atoms with E-state index in [9.17, 15) is 9.90 Å². The number of aryl methyl sites for hydroxylation is 1. The summed E-state index contributed by atoms with van der Waals surface area (Å²) < 4.78 is 1.36. The average Bonchev–Trinajstić information content (AvgIpc) is 3.15. The molecule has 2 aromatic rings. The molecule has 1 fully saturated rings. The highest BCUT2D eigenvalue weighted by Crippen LogP contribution is 2.47. The molecular formula is C15H16N2O3. The highest BCUT2D eigenvalue weighted by atomic mass is 16.4. The number of hydrogen-bond acceptors (Lipinski definition) is 3. The molecule has 1 aliphatic carbocycles. The van der Waals surface area contributed by atoms with Gasteiger partial charge in [-0.3, -0.25) is 4.68 Å². The van der Waals surface area contributed by atoms with Crippen LogP contribution in [-0.2, 0) is 12.5 Å². The van der Waals surface area contributed by atoms with Gasteiger partial charge in [0.1, 0.15) is 5.69 Å². The zero-order valence-electron chi connectivity index (χ0n) is 11.2. The van der Waals surface area contributed by atoms with Crippen molar-refractivity contribution in [3.05, 3.63) is 41.6 Å². The molecule has 0 saturated heterocycles. The first-order valence-corrected chi connectivity index (χ1v) is 6.55. The molecule has 1 aliphatic rings. The number of benzene rings is 1. The predicted molar refractivity (Wildman–Crippen MR) is 73.6 cm³/mol. The van der Waals surface area contributed by atoms with Crippen molar-refractivity contribution < 1.29 is 15.0 Å². The van der Waals surface area contributed by atoms with Crippen molar-refractivity contribution in [2.24, 2.45) is 7.05 Å². The van der Waals surface area contributed by atoms with Gasteiger partial charge < -0.3 is 10.2 Å². The lowest BCUT2D eigenvalue weighted by Crippen LogP contribution is -2.11. The maximum Gasteiger partial charge on any atom is 0.354 e. The van der Waals surface area contributed by atoms with Crippen LogP contribution in [0.15, 0.2) is 30.3 Å². The summed E-state index contributed by atoms with van der Waals surface area (Å²) in [6, 6.07) is 9.41. The van der Waals surface area contributed by atoms with Gasteiger partial charge in [-0.2, -0.15) is 5.10 Å². The van der Waals surface area contributed by atoms with Crippen LogP contribution in [0.25, 0.3) is 11.3 Å². The molecule has 0 atom stereocenters. The van der Waals surface area contributed by atoms with E-state index in [-0.39, 0.29) is 17.7 Å². The van der Waals surface area contributed by atoms with E-state index in [4.69, 9.17) is 5.11 Å². The first-order chi connectivity index (χ1) is 9.55. The van der Waals surface area contributed by atoms with E-state index in [2.05, 4.69) is 5.10 Å². The van der Waals surface area contributed by atoms with Crippen LogP contribution >= 0.6 is 0 Å². The zero-order valence-corrected chi connectivity index (χ0v) is 11.2. The van der Waals surface area contributed by atoms with Crippen LogP contribution in [0.5, 0.6) is 0 Å². The molecule has 20 heavy (non-hydrogen) atoms. The van der Waals surface area contributed by atoms with Crippen LogP contribution in [-0.4, -0.2) is 32.6 Å². The summed E-state index contributed by atoms with van der Waals surface area (Å²) in [5.74, 6) is -0.986. The molecule has 1 saturated carbocycles. The fraction of sp³-hybridized carbons (Fsp3) is 0.333. The summed E-state index contributed by atoms with van der Waals surface area (Å²) in [7, 11) is 1.62. The quantitative estimate of drug-likeness (QED) is 0.890. The summed E-state index contributed by atoms with van der Waals surface area (Å²) in [5, 5.41) is 22.7. The molecular weight excluding hydrogens is 256 g/mol. The van der Waals surface area contributed by atoms with Gasteiger partial charge in [0.25, 0.3) is 0 Å². The molecule has 0 amide bonds. The molecule has 104 valence electrons. The Morgan fingerprint density at radius 1 is 1.35 bits per heavy atom. The van der Waals surface area contributed by atoms with Gasteiger partial charge in [-0.15, -0.1) is 0 Å². The summed E-state index contributed by atoms with van der Waals surface area (Å²) >= 11 is 0. The minimum Gasteiger partial charge on any atom is -0.477 e. The standard InChI is InChI=1S/C15H16N2O3/c1-17-13(14(19)20)8-12(16-17)10-2-4-11(5-3-10)15(9-18)6-7-15/h2-5,8,18H,6-7,9H2,1H3,(H,19,20). The maximum absolute atomic E-state index is 11.0. The Bertz CT molecular complexity index is 654. The van der Waals surface area contributed by atoms with Crippen LogP contribution in [0.2, 0.25) is 0 Å². The van der Waals surface area contributed by atoms with Gasteiger partial charge >= 0.3 is 5.97 Å². The highest BCUT2D eigenvalue weighted by molar-refractivity contribution is 5.87. The van der Waals surface area contributed by atoms with Crippen molar-refractivity contribution in [3.8, 4) is 11.3 Å². The molecule has 1 aromatic heterocycles. The first kappa shape index (κ1) is 12.9. The van der Waals surface area contributed by atoms with Crippen molar-refractivity contribution >= 4 is 5.97 Å². The molecule has 1 aromatic carbocycles. The molecule has 3 rings (SSSR count). The number of carboxylic acids is 1. The Kier molecular flexibility index (Phi) is 2.87. The SMILES string of the molecule is Cn1nc(-c2ccc(C3(CO)CC3)cc2)cc1C(=O)O. The van der Waals surface area contributed by atoms with Gasteiger partial charge in [-0.05, 0) is 24.5 Å². The van der Waals surface area contributed by atoms with Gasteiger partial charge in [0.2, 0.25) is 0 Å². The van der Waals surface area contributed by atoms with E-state index >= 15 is 0 Å². The fourth-order valence-corrected chi connectivity index (χ4v) is 2.49. The molecule has 0 unspecified atom stereocenters. The van der Waals surface area contributed by atoms with Crippen molar-refractivity contribution in [1.29, 1.82) is 0 Å². The number of hydrogen-bond donors (Lipinski definition) is 2. The van der Waals surface area contributed by atoms with E-state index < -0.39 is 5.97 Å². The maximum atomic E-state index is 11.0. The first-order valence-electron chi connectivity index (χ1n) is 6.55. The van der Waals surface area contributed by atoms with E-state index in [0.29, 0.717) is 5.69 Å². The molecule has 5 heteroatoms. The Balaban J connectivity index is 1.92. The molecule has 2 N–H and O–H groups in total. The van der Waals surface area contributed by atoms with Crippen LogP contribution in [0, 0.1) is 0 Å². The number of carboxylic acid groups (broad SMARTS) is 1.